The van der Waals surface area contributed by atoms with E-state index in [1.807, 2.05) is 41.3 Å². The van der Waals surface area contributed by atoms with E-state index in [1.165, 1.54) is 0 Å². The monoisotopic (exact) mass is 466 g/mol. The number of carbonyl (C=O) groups is 3. The Morgan fingerprint density at radius 1 is 1.15 bits per heavy atom. The molecule has 34 heavy (non-hydrogen) atoms. The molecule has 1 fully saturated rings. The van der Waals surface area contributed by atoms with Gasteiger partial charge in [-0.1, -0.05) is 31.5 Å². The molecule has 2 atom stereocenters. The predicted molar refractivity (Wildman–Crippen MR) is 129 cm³/mol. The number of benzene rings is 1. The summed E-state index contributed by atoms with van der Waals surface area (Å²) < 4.78 is 5.56. The van der Waals surface area contributed by atoms with Gasteiger partial charge in [-0.05, 0) is 36.6 Å². The molecule has 1 saturated heterocycles. The highest BCUT2D eigenvalue weighted by molar-refractivity contribution is 5.85. The number of ether oxygens (including phenoxy) is 1. The fourth-order valence-electron chi connectivity index (χ4n) is 4.33. The molecule has 3 amide bonds. The summed E-state index contributed by atoms with van der Waals surface area (Å²) in [4.78, 5) is 44.1. The Morgan fingerprint density at radius 3 is 2.65 bits per heavy atom. The van der Waals surface area contributed by atoms with Crippen molar-refractivity contribution in [3.05, 3.63) is 59.9 Å². The van der Waals surface area contributed by atoms with Crippen molar-refractivity contribution in [2.24, 2.45) is 5.92 Å². The summed E-state index contributed by atoms with van der Waals surface area (Å²) in [6.07, 6.45) is 6.15. The molecule has 1 aromatic carbocycles. The summed E-state index contributed by atoms with van der Waals surface area (Å²) in [5.41, 5.74) is 1.80. The van der Waals surface area contributed by atoms with E-state index in [9.17, 15) is 14.4 Å². The SMILES string of the molecule is CCCCN1C(=O)CCC(C(=O)NCCC(=O)NCc2ccncc2)C1c1ccccc1OC. The summed E-state index contributed by atoms with van der Waals surface area (Å²) in [6.45, 7) is 3.33. The smallest absolute Gasteiger partial charge is 0.225 e. The van der Waals surface area contributed by atoms with Crippen LogP contribution >= 0.6 is 0 Å². The number of hydrogen-bond acceptors (Lipinski definition) is 5. The zero-order valence-electron chi connectivity index (χ0n) is 20.0. The molecule has 0 radical (unpaired) electrons. The predicted octanol–water partition coefficient (Wildman–Crippen LogP) is 2.99. The number of nitrogens with one attached hydrogen (secondary N) is 2. The number of carbonyl (C=O) groups excluding carboxylic acids is 3. The van der Waals surface area contributed by atoms with Gasteiger partial charge in [-0.15, -0.1) is 0 Å². The first-order valence-corrected chi connectivity index (χ1v) is 11.9. The number of para-hydroxylation sites is 1. The van der Waals surface area contributed by atoms with E-state index in [0.717, 1.165) is 24.0 Å². The third-order valence-electron chi connectivity index (χ3n) is 6.14. The molecule has 2 heterocycles. The van der Waals surface area contributed by atoms with Crippen LogP contribution in [0.5, 0.6) is 5.75 Å². The number of methoxy groups -OCH3 is 1. The van der Waals surface area contributed by atoms with Gasteiger partial charge >= 0.3 is 0 Å². The second kappa shape index (κ2) is 12.7. The molecule has 2 N–H and O–H groups in total. The summed E-state index contributed by atoms with van der Waals surface area (Å²) in [5.74, 6) is 0.0280. The zero-order chi connectivity index (χ0) is 24.3. The Balaban J connectivity index is 1.65. The fraction of sp³-hybridized carbons (Fsp3) is 0.462. The van der Waals surface area contributed by atoms with Gasteiger partial charge in [0, 0.05) is 50.4 Å². The van der Waals surface area contributed by atoms with Crippen molar-refractivity contribution in [2.75, 3.05) is 20.2 Å². The standard InChI is InChI=1S/C26H34N4O4/c1-3-4-17-30-24(32)10-9-21(25(30)20-7-5-6-8-22(20)34-2)26(33)28-16-13-23(31)29-18-19-11-14-27-15-12-19/h5-8,11-12,14-15,21,25H,3-4,9-10,13,16-18H2,1-2H3,(H,28,33)(H,29,31). The average Bonchev–Trinajstić information content (AvgIpc) is 2.87. The quantitative estimate of drug-likeness (QED) is 0.530. The molecule has 0 spiro atoms. The number of likely N-dealkylation sites (tertiary alicyclic amines) is 1. The average molecular weight is 467 g/mol. The molecule has 0 aliphatic carbocycles. The Labute approximate surface area is 201 Å². The van der Waals surface area contributed by atoms with Gasteiger partial charge in [0.15, 0.2) is 0 Å². The minimum atomic E-state index is -0.411. The van der Waals surface area contributed by atoms with Crippen LogP contribution in [0.3, 0.4) is 0 Å². The first-order valence-electron chi connectivity index (χ1n) is 11.9. The third-order valence-corrected chi connectivity index (χ3v) is 6.14. The lowest BCUT2D eigenvalue weighted by atomic mass is 9.83. The number of unbranched alkanes of at least 4 members (excludes halogenated alkanes) is 1. The van der Waals surface area contributed by atoms with E-state index in [-0.39, 0.29) is 30.7 Å². The number of hydrogen-bond donors (Lipinski definition) is 2. The normalized spacial score (nSPS) is 17.8. The van der Waals surface area contributed by atoms with Crippen molar-refractivity contribution < 1.29 is 19.1 Å². The van der Waals surface area contributed by atoms with Crippen LogP contribution in [0, 0.1) is 5.92 Å². The van der Waals surface area contributed by atoms with Crippen molar-refractivity contribution in [3.63, 3.8) is 0 Å². The number of rotatable bonds is 11. The van der Waals surface area contributed by atoms with Crippen molar-refractivity contribution in [1.82, 2.24) is 20.5 Å². The minimum Gasteiger partial charge on any atom is -0.496 e. The van der Waals surface area contributed by atoms with Crippen molar-refractivity contribution in [3.8, 4) is 5.75 Å². The lowest BCUT2D eigenvalue weighted by Crippen LogP contribution is -2.48. The van der Waals surface area contributed by atoms with Gasteiger partial charge < -0.3 is 20.3 Å². The van der Waals surface area contributed by atoms with Crippen LogP contribution in [0.2, 0.25) is 0 Å². The first-order chi connectivity index (χ1) is 16.5. The minimum absolute atomic E-state index is 0.0592. The molecule has 8 nitrogen and oxygen atoms in total. The van der Waals surface area contributed by atoms with E-state index in [4.69, 9.17) is 4.74 Å². The summed E-state index contributed by atoms with van der Waals surface area (Å²) in [7, 11) is 1.60. The van der Waals surface area contributed by atoms with Crippen LogP contribution in [-0.2, 0) is 20.9 Å². The second-order valence-electron chi connectivity index (χ2n) is 8.45. The number of pyridine rings is 1. The Morgan fingerprint density at radius 2 is 1.91 bits per heavy atom. The highest BCUT2D eigenvalue weighted by Crippen LogP contribution is 2.40. The molecule has 2 aromatic rings. The number of amides is 3. The van der Waals surface area contributed by atoms with Crippen LogP contribution in [0.1, 0.15) is 56.2 Å². The van der Waals surface area contributed by atoms with E-state index in [1.54, 1.807) is 19.5 Å². The zero-order valence-corrected chi connectivity index (χ0v) is 20.0. The molecule has 0 bridgehead atoms. The van der Waals surface area contributed by atoms with Crippen molar-refractivity contribution in [1.29, 1.82) is 0 Å². The Kier molecular flexibility index (Phi) is 9.43. The van der Waals surface area contributed by atoms with E-state index in [2.05, 4.69) is 22.5 Å². The lowest BCUT2D eigenvalue weighted by molar-refractivity contribution is -0.143. The largest absolute Gasteiger partial charge is 0.496 e. The fourth-order valence-corrected chi connectivity index (χ4v) is 4.33. The van der Waals surface area contributed by atoms with Crippen LogP contribution in [-0.4, -0.2) is 47.8 Å². The van der Waals surface area contributed by atoms with Crippen molar-refractivity contribution in [2.45, 2.75) is 51.6 Å². The Hall–Kier alpha value is -3.42. The van der Waals surface area contributed by atoms with Crippen LogP contribution in [0.4, 0.5) is 0 Å². The maximum Gasteiger partial charge on any atom is 0.225 e. The summed E-state index contributed by atoms with van der Waals surface area (Å²) in [5, 5.41) is 5.77. The maximum atomic E-state index is 13.2. The number of nitrogens with zero attached hydrogens (tertiary/aromatic N) is 2. The highest BCUT2D eigenvalue weighted by atomic mass is 16.5. The van der Waals surface area contributed by atoms with Gasteiger partial charge in [0.25, 0.3) is 0 Å². The van der Waals surface area contributed by atoms with E-state index >= 15 is 0 Å². The van der Waals surface area contributed by atoms with Gasteiger partial charge in [0.05, 0.1) is 19.1 Å². The van der Waals surface area contributed by atoms with Crippen LogP contribution in [0.15, 0.2) is 48.8 Å². The molecule has 182 valence electrons. The summed E-state index contributed by atoms with van der Waals surface area (Å²) >= 11 is 0. The van der Waals surface area contributed by atoms with Crippen molar-refractivity contribution >= 4 is 17.7 Å². The Bertz CT molecular complexity index is 966. The third kappa shape index (κ3) is 6.56. The molecule has 0 saturated carbocycles. The second-order valence-corrected chi connectivity index (χ2v) is 8.45. The lowest BCUT2D eigenvalue weighted by Gasteiger charge is -2.41. The molecule has 2 unspecified atom stereocenters. The van der Waals surface area contributed by atoms with Gasteiger partial charge in [0.1, 0.15) is 5.75 Å². The molecular weight excluding hydrogens is 432 g/mol. The van der Waals surface area contributed by atoms with Gasteiger partial charge in [0.2, 0.25) is 17.7 Å². The maximum absolute atomic E-state index is 13.2. The number of aromatic nitrogens is 1. The molecule has 1 aliphatic rings. The van der Waals surface area contributed by atoms with Gasteiger partial charge in [-0.3, -0.25) is 19.4 Å². The van der Waals surface area contributed by atoms with E-state index < -0.39 is 12.0 Å². The molecule has 1 aromatic heterocycles. The number of piperidine rings is 1. The van der Waals surface area contributed by atoms with Crippen LogP contribution in [0.25, 0.3) is 0 Å². The molecule has 8 heteroatoms. The highest BCUT2D eigenvalue weighted by Gasteiger charge is 2.41. The van der Waals surface area contributed by atoms with Crippen LogP contribution < -0.4 is 15.4 Å². The van der Waals surface area contributed by atoms with Gasteiger partial charge in [-0.2, -0.15) is 0 Å². The summed E-state index contributed by atoms with van der Waals surface area (Å²) in [6, 6.07) is 10.8. The first kappa shape index (κ1) is 25.2. The topological polar surface area (TPSA) is 101 Å². The molecule has 3 rings (SSSR count). The van der Waals surface area contributed by atoms with E-state index in [0.29, 0.717) is 31.7 Å². The molecule has 1 aliphatic heterocycles. The molecular formula is C26H34N4O4. The van der Waals surface area contributed by atoms with Gasteiger partial charge in [-0.25, -0.2) is 0 Å².